The van der Waals surface area contributed by atoms with E-state index in [1.807, 2.05) is 12.1 Å². The minimum absolute atomic E-state index is 0.418. The summed E-state index contributed by atoms with van der Waals surface area (Å²) >= 11 is 0. The van der Waals surface area contributed by atoms with Crippen LogP contribution < -0.4 is 5.32 Å². The minimum atomic E-state index is 0.418. The van der Waals surface area contributed by atoms with E-state index in [0.29, 0.717) is 18.5 Å². The Morgan fingerprint density at radius 1 is 1.20 bits per heavy atom. The van der Waals surface area contributed by atoms with E-state index in [2.05, 4.69) is 22.4 Å². The number of anilines is 1. The molecule has 0 amide bonds. The molecule has 0 aliphatic heterocycles. The molecule has 0 aliphatic rings. The quantitative estimate of drug-likeness (QED) is 0.832. The maximum Gasteiger partial charge on any atom is 0.315 e. The molecule has 0 saturated carbocycles. The fourth-order valence-electron chi connectivity index (χ4n) is 1.24. The third-order valence-electron chi connectivity index (χ3n) is 2.01. The molecule has 5 heteroatoms. The van der Waals surface area contributed by atoms with Gasteiger partial charge in [0.1, 0.15) is 11.5 Å². The molecule has 0 spiro atoms. The zero-order valence-corrected chi connectivity index (χ0v) is 8.78. The predicted octanol–water partition coefficient (Wildman–Crippen LogP) is 2.15. The van der Waals surface area contributed by atoms with Crippen molar-refractivity contribution in [2.45, 2.75) is 26.8 Å². The molecule has 0 saturated heterocycles. The van der Waals surface area contributed by atoms with Crippen molar-refractivity contribution in [2.24, 2.45) is 0 Å². The van der Waals surface area contributed by atoms with Crippen molar-refractivity contribution in [1.82, 2.24) is 10.2 Å². The van der Waals surface area contributed by atoms with Gasteiger partial charge in [0, 0.05) is 13.3 Å². The first kappa shape index (κ1) is 9.76. The summed E-state index contributed by atoms with van der Waals surface area (Å²) in [6.07, 6.45) is 0.902. The summed E-state index contributed by atoms with van der Waals surface area (Å²) in [6.45, 7) is 4.36. The molecule has 0 unspecified atom stereocenters. The fraction of sp³-hybridized carbons (Fsp3) is 0.400. The van der Waals surface area contributed by atoms with Crippen LogP contribution in [0.4, 0.5) is 6.01 Å². The highest BCUT2D eigenvalue weighted by atomic mass is 16.4. The molecule has 0 fully saturated rings. The van der Waals surface area contributed by atoms with Crippen LogP contribution in [0.1, 0.15) is 24.3 Å². The normalized spacial score (nSPS) is 10.5. The first-order chi connectivity index (χ1) is 7.28. The highest BCUT2D eigenvalue weighted by molar-refractivity contribution is 5.19. The van der Waals surface area contributed by atoms with Crippen molar-refractivity contribution in [3.63, 3.8) is 0 Å². The lowest BCUT2D eigenvalue weighted by Crippen LogP contribution is -1.98. The van der Waals surface area contributed by atoms with Crippen LogP contribution in [-0.2, 0) is 13.0 Å². The van der Waals surface area contributed by atoms with Crippen molar-refractivity contribution in [2.75, 3.05) is 5.32 Å². The fourth-order valence-corrected chi connectivity index (χ4v) is 1.24. The summed E-state index contributed by atoms with van der Waals surface area (Å²) < 4.78 is 10.7. The predicted molar refractivity (Wildman–Crippen MR) is 54.4 cm³/mol. The van der Waals surface area contributed by atoms with Gasteiger partial charge in [0.15, 0.2) is 0 Å². The molecule has 80 valence electrons. The average molecular weight is 207 g/mol. The van der Waals surface area contributed by atoms with Gasteiger partial charge < -0.3 is 14.2 Å². The smallest absolute Gasteiger partial charge is 0.315 e. The number of hydrogen-bond acceptors (Lipinski definition) is 5. The Labute approximate surface area is 87.5 Å². The molecule has 0 aliphatic carbocycles. The molecule has 1 N–H and O–H groups in total. The van der Waals surface area contributed by atoms with Gasteiger partial charge in [-0.05, 0) is 12.1 Å². The van der Waals surface area contributed by atoms with E-state index in [1.165, 1.54) is 0 Å². The Morgan fingerprint density at radius 2 is 2.00 bits per heavy atom. The summed E-state index contributed by atoms with van der Waals surface area (Å²) in [5, 5.41) is 10.5. The summed E-state index contributed by atoms with van der Waals surface area (Å²) in [7, 11) is 0. The number of aryl methyl sites for hydroxylation is 2. The van der Waals surface area contributed by atoms with Crippen LogP contribution in [0.2, 0.25) is 0 Å². The van der Waals surface area contributed by atoms with Gasteiger partial charge in [0.25, 0.3) is 0 Å². The monoisotopic (exact) mass is 207 g/mol. The van der Waals surface area contributed by atoms with E-state index in [9.17, 15) is 0 Å². The molecule has 2 rings (SSSR count). The summed E-state index contributed by atoms with van der Waals surface area (Å²) in [5.74, 6) is 2.39. The van der Waals surface area contributed by atoms with E-state index in [4.69, 9.17) is 8.83 Å². The summed E-state index contributed by atoms with van der Waals surface area (Å²) in [5.41, 5.74) is 0. The van der Waals surface area contributed by atoms with Crippen molar-refractivity contribution in [3.05, 3.63) is 29.5 Å². The van der Waals surface area contributed by atoms with Gasteiger partial charge in [-0.1, -0.05) is 12.0 Å². The van der Waals surface area contributed by atoms with Gasteiger partial charge in [-0.3, -0.25) is 0 Å². The number of hydrogen-bond donors (Lipinski definition) is 1. The summed E-state index contributed by atoms with van der Waals surface area (Å²) in [6, 6.07) is 4.33. The second-order valence-corrected chi connectivity index (χ2v) is 3.20. The number of nitrogens with one attached hydrogen (secondary N) is 1. The maximum atomic E-state index is 5.51. The van der Waals surface area contributed by atoms with Crippen LogP contribution in [0.15, 0.2) is 21.0 Å². The zero-order valence-electron chi connectivity index (χ0n) is 8.78. The van der Waals surface area contributed by atoms with Gasteiger partial charge in [0.2, 0.25) is 5.89 Å². The van der Waals surface area contributed by atoms with Crippen molar-refractivity contribution in [1.29, 1.82) is 0 Å². The number of rotatable bonds is 4. The van der Waals surface area contributed by atoms with Crippen LogP contribution in [-0.4, -0.2) is 10.2 Å². The largest absolute Gasteiger partial charge is 0.464 e. The van der Waals surface area contributed by atoms with E-state index in [1.54, 1.807) is 6.92 Å². The van der Waals surface area contributed by atoms with E-state index in [0.717, 1.165) is 17.9 Å². The molecule has 2 heterocycles. The average Bonchev–Trinajstić information content (AvgIpc) is 2.83. The SMILES string of the molecule is CCc1ccc(CNc2nnc(C)o2)o1. The van der Waals surface area contributed by atoms with Gasteiger partial charge in [-0.15, -0.1) is 5.10 Å². The molecular formula is C10H13N3O2. The van der Waals surface area contributed by atoms with Gasteiger partial charge in [0.05, 0.1) is 6.54 Å². The second-order valence-electron chi connectivity index (χ2n) is 3.20. The zero-order chi connectivity index (χ0) is 10.7. The Hall–Kier alpha value is -1.78. The Bertz CT molecular complexity index is 433. The Morgan fingerprint density at radius 3 is 2.60 bits per heavy atom. The van der Waals surface area contributed by atoms with E-state index in [-0.39, 0.29) is 0 Å². The number of aromatic nitrogens is 2. The number of furan rings is 1. The number of nitrogens with zero attached hydrogens (tertiary/aromatic N) is 2. The lowest BCUT2D eigenvalue weighted by atomic mass is 10.3. The van der Waals surface area contributed by atoms with Gasteiger partial charge >= 0.3 is 6.01 Å². The molecular weight excluding hydrogens is 194 g/mol. The Kier molecular flexibility index (Phi) is 2.71. The Balaban J connectivity index is 1.93. The van der Waals surface area contributed by atoms with Crippen molar-refractivity contribution < 1.29 is 8.83 Å². The van der Waals surface area contributed by atoms with Crippen LogP contribution >= 0.6 is 0 Å². The minimum Gasteiger partial charge on any atom is -0.464 e. The third-order valence-corrected chi connectivity index (χ3v) is 2.01. The molecule has 5 nitrogen and oxygen atoms in total. The van der Waals surface area contributed by atoms with Crippen molar-refractivity contribution in [3.8, 4) is 0 Å². The highest BCUT2D eigenvalue weighted by Crippen LogP contribution is 2.11. The van der Waals surface area contributed by atoms with Crippen molar-refractivity contribution >= 4 is 6.01 Å². The van der Waals surface area contributed by atoms with Gasteiger partial charge in [-0.25, -0.2) is 0 Å². The second kappa shape index (κ2) is 4.16. The molecule has 0 radical (unpaired) electrons. The highest BCUT2D eigenvalue weighted by Gasteiger charge is 2.03. The molecule has 0 atom stereocenters. The first-order valence-corrected chi connectivity index (χ1v) is 4.89. The molecule has 2 aromatic rings. The van der Waals surface area contributed by atoms with Crippen LogP contribution in [0.25, 0.3) is 0 Å². The standard InChI is InChI=1S/C10H13N3O2/c1-3-8-4-5-9(15-8)6-11-10-13-12-7(2)14-10/h4-5H,3,6H2,1-2H3,(H,11,13). The molecule has 0 bridgehead atoms. The van der Waals surface area contributed by atoms with Crippen LogP contribution in [0.5, 0.6) is 0 Å². The van der Waals surface area contributed by atoms with Gasteiger partial charge in [-0.2, -0.15) is 0 Å². The summed E-state index contributed by atoms with van der Waals surface area (Å²) in [4.78, 5) is 0. The molecule has 0 aromatic carbocycles. The lowest BCUT2D eigenvalue weighted by Gasteiger charge is -1.96. The van der Waals surface area contributed by atoms with Crippen LogP contribution in [0.3, 0.4) is 0 Å². The third kappa shape index (κ3) is 2.37. The first-order valence-electron chi connectivity index (χ1n) is 4.89. The van der Waals surface area contributed by atoms with E-state index >= 15 is 0 Å². The maximum absolute atomic E-state index is 5.51. The molecule has 15 heavy (non-hydrogen) atoms. The van der Waals surface area contributed by atoms with E-state index < -0.39 is 0 Å². The molecule has 2 aromatic heterocycles. The topological polar surface area (TPSA) is 64.1 Å². The lowest BCUT2D eigenvalue weighted by molar-refractivity contribution is 0.470. The van der Waals surface area contributed by atoms with Crippen LogP contribution in [0, 0.1) is 6.92 Å².